The van der Waals surface area contributed by atoms with Crippen molar-refractivity contribution < 1.29 is 9.21 Å². The zero-order chi connectivity index (χ0) is 16.5. The van der Waals surface area contributed by atoms with Gasteiger partial charge < -0.3 is 9.32 Å². The molecule has 4 rings (SSSR count). The molecule has 24 heavy (non-hydrogen) atoms. The van der Waals surface area contributed by atoms with E-state index >= 15 is 0 Å². The van der Waals surface area contributed by atoms with Gasteiger partial charge in [0.15, 0.2) is 5.76 Å². The minimum Gasteiger partial charge on any atom is -0.459 e. The number of rotatable bonds is 3. The van der Waals surface area contributed by atoms with Gasteiger partial charge in [0, 0.05) is 29.6 Å². The predicted octanol–water partition coefficient (Wildman–Crippen LogP) is 3.39. The third kappa shape index (κ3) is 2.75. The van der Waals surface area contributed by atoms with E-state index in [1.807, 2.05) is 40.2 Å². The largest absolute Gasteiger partial charge is 0.459 e. The van der Waals surface area contributed by atoms with E-state index in [1.54, 1.807) is 17.6 Å². The molecule has 4 heterocycles. The van der Waals surface area contributed by atoms with Gasteiger partial charge in [0.05, 0.1) is 18.5 Å². The number of piperidine rings is 1. The first-order valence-corrected chi connectivity index (χ1v) is 8.94. The van der Waals surface area contributed by atoms with Crippen LogP contribution in [0.15, 0.2) is 39.8 Å². The van der Waals surface area contributed by atoms with Gasteiger partial charge in [0.1, 0.15) is 5.69 Å². The third-order valence-corrected chi connectivity index (χ3v) is 5.19. The van der Waals surface area contributed by atoms with Gasteiger partial charge in [-0.25, -0.2) is 4.68 Å². The highest BCUT2D eigenvalue weighted by Gasteiger charge is 2.27. The fourth-order valence-corrected chi connectivity index (χ4v) is 3.72. The van der Waals surface area contributed by atoms with Crippen LogP contribution in [0.25, 0.3) is 11.3 Å². The average molecular weight is 342 g/mol. The molecule has 0 unspecified atom stereocenters. The molecule has 1 aliphatic heterocycles. The quantitative estimate of drug-likeness (QED) is 0.732. The van der Waals surface area contributed by atoms with Gasteiger partial charge in [-0.3, -0.25) is 4.79 Å². The van der Waals surface area contributed by atoms with Crippen LogP contribution in [0.3, 0.4) is 0 Å². The maximum absolute atomic E-state index is 12.5. The van der Waals surface area contributed by atoms with E-state index in [9.17, 15) is 4.79 Å². The molecule has 0 spiro atoms. The molecule has 3 aromatic heterocycles. The summed E-state index contributed by atoms with van der Waals surface area (Å²) in [6.07, 6.45) is 5.31. The Kier molecular flexibility index (Phi) is 3.93. The molecule has 0 atom stereocenters. The molecule has 1 saturated heterocycles. The minimum atomic E-state index is -0.0199. The number of amides is 1. The second-order valence-corrected chi connectivity index (χ2v) is 6.83. The fourth-order valence-electron chi connectivity index (χ4n) is 3.07. The van der Waals surface area contributed by atoms with Gasteiger partial charge in [-0.1, -0.05) is 5.21 Å². The molecule has 0 N–H and O–H groups in total. The van der Waals surface area contributed by atoms with Crippen LogP contribution in [-0.2, 0) is 0 Å². The number of carbonyl (C=O) groups is 1. The van der Waals surface area contributed by atoms with E-state index in [1.165, 1.54) is 0 Å². The molecule has 0 aliphatic carbocycles. The van der Waals surface area contributed by atoms with Gasteiger partial charge >= 0.3 is 0 Å². The summed E-state index contributed by atoms with van der Waals surface area (Å²) in [7, 11) is 0. The number of aromatic nitrogens is 3. The van der Waals surface area contributed by atoms with E-state index in [0.29, 0.717) is 18.8 Å². The zero-order valence-electron chi connectivity index (χ0n) is 13.4. The maximum atomic E-state index is 12.5. The van der Waals surface area contributed by atoms with Crippen molar-refractivity contribution in [3.05, 3.63) is 46.7 Å². The Labute approximate surface area is 143 Å². The van der Waals surface area contributed by atoms with Crippen LogP contribution in [-0.4, -0.2) is 38.9 Å². The molecular weight excluding hydrogens is 324 g/mol. The number of hydrogen-bond acceptors (Lipinski definition) is 5. The minimum absolute atomic E-state index is 0.0199. The molecular formula is C17H18N4O2S. The number of thiophene rings is 1. The summed E-state index contributed by atoms with van der Waals surface area (Å²) >= 11 is 1.65. The average Bonchev–Trinajstić information content (AvgIpc) is 3.35. The van der Waals surface area contributed by atoms with E-state index in [-0.39, 0.29) is 11.9 Å². The zero-order valence-corrected chi connectivity index (χ0v) is 14.2. The number of aryl methyl sites for hydroxylation is 1. The second-order valence-electron chi connectivity index (χ2n) is 6.05. The number of hydrogen-bond donors (Lipinski definition) is 0. The molecule has 0 aromatic carbocycles. The molecule has 7 heteroatoms. The third-order valence-electron chi connectivity index (χ3n) is 4.51. The normalized spacial score (nSPS) is 15.8. The molecule has 124 valence electrons. The van der Waals surface area contributed by atoms with Crippen molar-refractivity contribution in [2.45, 2.75) is 25.8 Å². The number of nitrogens with zero attached hydrogens (tertiary/aromatic N) is 4. The lowest BCUT2D eigenvalue weighted by Gasteiger charge is -2.31. The Hall–Kier alpha value is -2.41. The summed E-state index contributed by atoms with van der Waals surface area (Å²) in [6, 6.07) is 4.15. The first-order chi connectivity index (χ1) is 11.7. The summed E-state index contributed by atoms with van der Waals surface area (Å²) in [5, 5.41) is 12.7. The van der Waals surface area contributed by atoms with Gasteiger partial charge in [0.25, 0.3) is 5.91 Å². The van der Waals surface area contributed by atoms with Crippen molar-refractivity contribution in [1.29, 1.82) is 0 Å². The number of likely N-dealkylation sites (tertiary alicyclic amines) is 1. The van der Waals surface area contributed by atoms with Crippen LogP contribution >= 0.6 is 11.3 Å². The lowest BCUT2D eigenvalue weighted by molar-refractivity contribution is 0.0656. The van der Waals surface area contributed by atoms with Crippen molar-refractivity contribution in [1.82, 2.24) is 19.9 Å². The first-order valence-electron chi connectivity index (χ1n) is 8.00. The Morgan fingerprint density at radius 2 is 2.17 bits per heavy atom. The van der Waals surface area contributed by atoms with Crippen LogP contribution in [0.5, 0.6) is 0 Å². The standard InChI is InChI=1S/C17H18N4O2S/c1-12-4-8-23-16(12)17(22)20-6-2-14(3-7-20)21-10-15(18-19-21)13-5-9-24-11-13/h4-5,8-11,14H,2-3,6-7H2,1H3. The molecule has 1 aliphatic rings. The van der Waals surface area contributed by atoms with Crippen molar-refractivity contribution in [3.63, 3.8) is 0 Å². The van der Waals surface area contributed by atoms with Gasteiger partial charge in [0.2, 0.25) is 0 Å². The van der Waals surface area contributed by atoms with Gasteiger partial charge in [-0.15, -0.1) is 5.10 Å². The van der Waals surface area contributed by atoms with Crippen LogP contribution < -0.4 is 0 Å². The van der Waals surface area contributed by atoms with Crippen LogP contribution in [0, 0.1) is 6.92 Å². The number of furan rings is 1. The summed E-state index contributed by atoms with van der Waals surface area (Å²) in [6.45, 7) is 3.30. The summed E-state index contributed by atoms with van der Waals surface area (Å²) < 4.78 is 7.26. The number of carbonyl (C=O) groups excluding carboxylic acids is 1. The molecule has 1 fully saturated rings. The predicted molar refractivity (Wildman–Crippen MR) is 91.0 cm³/mol. The van der Waals surface area contributed by atoms with Crippen molar-refractivity contribution in [3.8, 4) is 11.3 Å². The second kappa shape index (κ2) is 6.24. The topological polar surface area (TPSA) is 64.2 Å². The Morgan fingerprint density at radius 3 is 2.83 bits per heavy atom. The highest BCUT2D eigenvalue weighted by molar-refractivity contribution is 7.08. The lowest BCUT2D eigenvalue weighted by atomic mass is 10.0. The van der Waals surface area contributed by atoms with E-state index < -0.39 is 0 Å². The Bertz CT molecular complexity index is 829. The Morgan fingerprint density at radius 1 is 1.33 bits per heavy atom. The maximum Gasteiger partial charge on any atom is 0.289 e. The lowest BCUT2D eigenvalue weighted by Crippen LogP contribution is -2.39. The molecule has 0 radical (unpaired) electrons. The highest BCUT2D eigenvalue weighted by atomic mass is 32.1. The highest BCUT2D eigenvalue weighted by Crippen LogP contribution is 2.26. The van der Waals surface area contributed by atoms with E-state index in [4.69, 9.17) is 4.42 Å². The molecule has 3 aromatic rings. The molecule has 0 bridgehead atoms. The SMILES string of the molecule is Cc1ccoc1C(=O)N1CCC(n2cc(-c3ccsc3)nn2)CC1. The summed E-state index contributed by atoms with van der Waals surface area (Å²) in [5.74, 6) is 0.433. The van der Waals surface area contributed by atoms with Crippen LogP contribution in [0.1, 0.15) is 35.0 Å². The molecule has 6 nitrogen and oxygen atoms in total. The molecule has 0 saturated carbocycles. The monoisotopic (exact) mass is 342 g/mol. The van der Waals surface area contributed by atoms with Crippen LogP contribution in [0.4, 0.5) is 0 Å². The van der Waals surface area contributed by atoms with Crippen molar-refractivity contribution >= 4 is 17.2 Å². The molecule has 1 amide bonds. The summed E-state index contributed by atoms with van der Waals surface area (Å²) in [5.41, 5.74) is 2.90. The Balaban J connectivity index is 1.41. The van der Waals surface area contributed by atoms with E-state index in [2.05, 4.69) is 15.7 Å². The van der Waals surface area contributed by atoms with Crippen molar-refractivity contribution in [2.24, 2.45) is 0 Å². The fraction of sp³-hybridized carbons (Fsp3) is 0.353. The van der Waals surface area contributed by atoms with Gasteiger partial charge in [-0.05, 0) is 37.3 Å². The van der Waals surface area contributed by atoms with Crippen LogP contribution in [0.2, 0.25) is 0 Å². The van der Waals surface area contributed by atoms with Gasteiger partial charge in [-0.2, -0.15) is 11.3 Å². The smallest absolute Gasteiger partial charge is 0.289 e. The first kappa shape index (κ1) is 15.1. The summed E-state index contributed by atoms with van der Waals surface area (Å²) in [4.78, 5) is 14.3. The van der Waals surface area contributed by atoms with Crippen molar-refractivity contribution in [2.75, 3.05) is 13.1 Å². The van der Waals surface area contributed by atoms with E-state index in [0.717, 1.165) is 29.7 Å².